The van der Waals surface area contributed by atoms with Crippen molar-refractivity contribution < 1.29 is 4.74 Å². The predicted molar refractivity (Wildman–Crippen MR) is 108 cm³/mol. The Balaban J connectivity index is 1.84. The maximum absolute atomic E-state index is 5.22. The maximum Gasteiger partial charge on any atom is 0.193 e. The van der Waals surface area contributed by atoms with Crippen LogP contribution in [0.15, 0.2) is 34.2 Å². The van der Waals surface area contributed by atoms with E-state index in [4.69, 9.17) is 4.74 Å². The Kier molecular flexibility index (Phi) is 8.58. The highest BCUT2D eigenvalue weighted by Gasteiger charge is 2.24. The number of nitrogens with zero attached hydrogens (tertiary/aromatic N) is 3. The molecule has 1 aromatic rings. The third-order valence-electron chi connectivity index (χ3n) is 4.73. The lowest BCUT2D eigenvalue weighted by atomic mass is 10.2. The molecule has 0 saturated carbocycles. The first-order chi connectivity index (χ1) is 12.2. The third-order valence-corrected chi connectivity index (χ3v) is 5.47. The lowest BCUT2D eigenvalue weighted by molar-refractivity contribution is 0.141. The summed E-state index contributed by atoms with van der Waals surface area (Å²) in [6, 6.07) is 9.31. The Morgan fingerprint density at radius 1 is 1.40 bits per heavy atom. The van der Waals surface area contributed by atoms with Gasteiger partial charge >= 0.3 is 0 Å². The Bertz CT molecular complexity index is 535. The summed E-state index contributed by atoms with van der Waals surface area (Å²) in [5, 5.41) is 3.55. The van der Waals surface area contributed by atoms with Gasteiger partial charge in [-0.1, -0.05) is 12.1 Å². The maximum atomic E-state index is 5.22. The van der Waals surface area contributed by atoms with Crippen molar-refractivity contribution in [1.29, 1.82) is 0 Å². The molecule has 0 bridgehead atoms. The van der Waals surface area contributed by atoms with E-state index in [1.807, 2.05) is 7.05 Å². The molecule has 1 aliphatic rings. The molecule has 140 valence electrons. The lowest BCUT2D eigenvalue weighted by Gasteiger charge is -2.27. The van der Waals surface area contributed by atoms with Gasteiger partial charge in [-0.2, -0.15) is 0 Å². The molecule has 1 aliphatic heterocycles. The molecule has 2 rings (SSSR count). The van der Waals surface area contributed by atoms with Gasteiger partial charge in [0, 0.05) is 51.8 Å². The van der Waals surface area contributed by atoms with Crippen molar-refractivity contribution >= 4 is 17.7 Å². The number of methoxy groups -OCH3 is 1. The third kappa shape index (κ3) is 6.20. The van der Waals surface area contributed by atoms with E-state index < -0.39 is 0 Å². The van der Waals surface area contributed by atoms with Crippen molar-refractivity contribution in [3.8, 4) is 0 Å². The molecular weight excluding hydrogens is 332 g/mol. The quantitative estimate of drug-likeness (QED) is 0.436. The molecule has 1 N–H and O–H groups in total. The van der Waals surface area contributed by atoms with Crippen LogP contribution in [0.3, 0.4) is 0 Å². The van der Waals surface area contributed by atoms with Crippen LogP contribution >= 0.6 is 11.8 Å². The van der Waals surface area contributed by atoms with Crippen molar-refractivity contribution in [3.63, 3.8) is 0 Å². The van der Waals surface area contributed by atoms with E-state index >= 15 is 0 Å². The van der Waals surface area contributed by atoms with Gasteiger partial charge < -0.3 is 15.0 Å². The summed E-state index contributed by atoms with van der Waals surface area (Å²) in [6.45, 7) is 4.78. The molecule has 25 heavy (non-hydrogen) atoms. The zero-order valence-electron chi connectivity index (χ0n) is 16.0. The molecule has 1 atom stereocenters. The molecule has 0 aliphatic carbocycles. The number of thioether (sulfide) groups is 1. The highest BCUT2D eigenvalue weighted by Crippen LogP contribution is 2.17. The van der Waals surface area contributed by atoms with Crippen LogP contribution in [0.5, 0.6) is 0 Å². The number of likely N-dealkylation sites (tertiary alicyclic amines) is 1. The second kappa shape index (κ2) is 10.7. The normalized spacial score (nSPS) is 18.6. The molecule has 6 heteroatoms. The Morgan fingerprint density at radius 3 is 2.80 bits per heavy atom. The Hall–Kier alpha value is -1.24. The molecule has 0 radical (unpaired) electrons. The molecule has 1 aromatic carbocycles. The first kappa shape index (κ1) is 20.1. The molecule has 1 unspecified atom stereocenters. The van der Waals surface area contributed by atoms with Crippen molar-refractivity contribution in [2.45, 2.75) is 30.3 Å². The summed E-state index contributed by atoms with van der Waals surface area (Å²) in [4.78, 5) is 10.4. The van der Waals surface area contributed by atoms with E-state index in [0.29, 0.717) is 6.04 Å². The average molecular weight is 365 g/mol. The standard InChI is InChI=1S/C19H32N4OS/c1-20-19(21-14-17-6-5-11-23(17)12-13-24-3)22(2)15-16-7-9-18(25-4)10-8-16/h7-10,17H,5-6,11-15H2,1-4H3,(H,20,21). The number of aliphatic imine (C=N–C) groups is 1. The fraction of sp³-hybridized carbons (Fsp3) is 0.632. The van der Waals surface area contributed by atoms with E-state index in [2.05, 4.69) is 57.7 Å². The minimum absolute atomic E-state index is 0.571. The van der Waals surface area contributed by atoms with Crippen molar-refractivity contribution in [2.75, 3.05) is 53.7 Å². The summed E-state index contributed by atoms with van der Waals surface area (Å²) in [6.07, 6.45) is 4.62. The van der Waals surface area contributed by atoms with Gasteiger partial charge in [-0.25, -0.2) is 0 Å². The van der Waals surface area contributed by atoms with Gasteiger partial charge in [-0.15, -0.1) is 11.8 Å². The zero-order valence-corrected chi connectivity index (χ0v) is 16.8. The number of hydrogen-bond acceptors (Lipinski definition) is 4. The fourth-order valence-electron chi connectivity index (χ4n) is 3.30. The summed E-state index contributed by atoms with van der Waals surface area (Å²) < 4.78 is 5.22. The SMILES string of the molecule is CN=C(NCC1CCCN1CCOC)N(C)Cc1ccc(SC)cc1. The van der Waals surface area contributed by atoms with Crippen LogP contribution in [0, 0.1) is 0 Å². The van der Waals surface area contributed by atoms with E-state index in [1.165, 1.54) is 29.8 Å². The number of benzene rings is 1. The first-order valence-electron chi connectivity index (χ1n) is 8.95. The fourth-order valence-corrected chi connectivity index (χ4v) is 3.71. The van der Waals surface area contributed by atoms with Crippen LogP contribution in [0.4, 0.5) is 0 Å². The smallest absolute Gasteiger partial charge is 0.193 e. The van der Waals surface area contributed by atoms with Gasteiger partial charge in [0.25, 0.3) is 0 Å². The van der Waals surface area contributed by atoms with E-state index in [-0.39, 0.29) is 0 Å². The highest BCUT2D eigenvalue weighted by atomic mass is 32.2. The Labute approximate surface area is 156 Å². The zero-order chi connectivity index (χ0) is 18.1. The van der Waals surface area contributed by atoms with E-state index in [0.717, 1.165) is 32.2 Å². The van der Waals surface area contributed by atoms with Gasteiger partial charge in [0.2, 0.25) is 0 Å². The lowest BCUT2D eigenvalue weighted by Crippen LogP contribution is -2.45. The van der Waals surface area contributed by atoms with Crippen LogP contribution in [0.1, 0.15) is 18.4 Å². The predicted octanol–water partition coefficient (Wildman–Crippen LogP) is 2.53. The summed E-state index contributed by atoms with van der Waals surface area (Å²) in [5.41, 5.74) is 1.30. The number of hydrogen-bond donors (Lipinski definition) is 1. The van der Waals surface area contributed by atoms with E-state index in [9.17, 15) is 0 Å². The molecule has 5 nitrogen and oxygen atoms in total. The van der Waals surface area contributed by atoms with Gasteiger partial charge in [0.15, 0.2) is 5.96 Å². The molecule has 1 fully saturated rings. The topological polar surface area (TPSA) is 40.1 Å². The van der Waals surface area contributed by atoms with Crippen LogP contribution in [-0.2, 0) is 11.3 Å². The van der Waals surface area contributed by atoms with Crippen LogP contribution < -0.4 is 5.32 Å². The minimum atomic E-state index is 0.571. The molecule has 0 spiro atoms. The largest absolute Gasteiger partial charge is 0.383 e. The molecule has 1 saturated heterocycles. The van der Waals surface area contributed by atoms with Crippen LogP contribution in [-0.4, -0.2) is 75.5 Å². The van der Waals surface area contributed by atoms with Gasteiger partial charge in [0.05, 0.1) is 6.61 Å². The number of guanidine groups is 1. The van der Waals surface area contributed by atoms with E-state index in [1.54, 1.807) is 18.9 Å². The van der Waals surface area contributed by atoms with Crippen molar-refractivity contribution in [3.05, 3.63) is 29.8 Å². The average Bonchev–Trinajstić information content (AvgIpc) is 3.08. The summed E-state index contributed by atoms with van der Waals surface area (Å²) in [5.74, 6) is 0.951. The molecular formula is C19H32N4OS. The van der Waals surface area contributed by atoms with Crippen LogP contribution in [0.2, 0.25) is 0 Å². The summed E-state index contributed by atoms with van der Waals surface area (Å²) >= 11 is 1.77. The monoisotopic (exact) mass is 364 g/mol. The van der Waals surface area contributed by atoms with Crippen LogP contribution in [0.25, 0.3) is 0 Å². The van der Waals surface area contributed by atoms with Crippen molar-refractivity contribution in [1.82, 2.24) is 15.1 Å². The number of rotatable bonds is 8. The number of ether oxygens (including phenoxy) is 1. The van der Waals surface area contributed by atoms with Gasteiger partial charge in [-0.3, -0.25) is 9.89 Å². The first-order valence-corrected chi connectivity index (χ1v) is 10.2. The Morgan fingerprint density at radius 2 is 2.16 bits per heavy atom. The molecule has 0 amide bonds. The van der Waals surface area contributed by atoms with Gasteiger partial charge in [0.1, 0.15) is 0 Å². The van der Waals surface area contributed by atoms with Crippen molar-refractivity contribution in [2.24, 2.45) is 4.99 Å². The second-order valence-electron chi connectivity index (χ2n) is 6.46. The second-order valence-corrected chi connectivity index (χ2v) is 7.34. The molecule has 0 aromatic heterocycles. The minimum Gasteiger partial charge on any atom is -0.383 e. The molecule has 1 heterocycles. The summed E-state index contributed by atoms with van der Waals surface area (Å²) in [7, 11) is 5.72. The van der Waals surface area contributed by atoms with Gasteiger partial charge in [-0.05, 0) is 43.3 Å². The highest BCUT2D eigenvalue weighted by molar-refractivity contribution is 7.98. The number of nitrogens with one attached hydrogen (secondary N) is 1.